The highest BCUT2D eigenvalue weighted by Crippen LogP contribution is 2.26. The van der Waals surface area contributed by atoms with Crippen LogP contribution in [0.4, 0.5) is 0 Å². The minimum absolute atomic E-state index is 0. The molecule has 0 saturated carbocycles. The van der Waals surface area contributed by atoms with Crippen LogP contribution < -0.4 is 10.6 Å². The summed E-state index contributed by atoms with van der Waals surface area (Å²) in [6.07, 6.45) is 2.21. The quantitative estimate of drug-likeness (QED) is 0.899. The molecule has 1 fully saturated rings. The summed E-state index contributed by atoms with van der Waals surface area (Å²) in [5.41, 5.74) is 1.59. The molecule has 2 rings (SSSR count). The summed E-state index contributed by atoms with van der Waals surface area (Å²) in [6, 6.07) is 5.52. The van der Waals surface area contributed by atoms with E-state index in [2.05, 4.69) is 22.5 Å². The van der Waals surface area contributed by atoms with Crippen molar-refractivity contribution in [2.75, 3.05) is 19.6 Å². The van der Waals surface area contributed by atoms with E-state index in [0.29, 0.717) is 5.69 Å². The van der Waals surface area contributed by atoms with Crippen molar-refractivity contribution in [1.29, 1.82) is 0 Å². The number of halogens is 2. The third-order valence-electron chi connectivity index (χ3n) is 3.61. The Bertz CT molecular complexity index is 434. The van der Waals surface area contributed by atoms with Gasteiger partial charge in [-0.2, -0.15) is 0 Å². The Morgan fingerprint density at radius 1 is 1.35 bits per heavy atom. The van der Waals surface area contributed by atoms with Gasteiger partial charge in [0.2, 0.25) is 0 Å². The van der Waals surface area contributed by atoms with Crippen LogP contribution in [0.5, 0.6) is 0 Å². The van der Waals surface area contributed by atoms with Gasteiger partial charge in [-0.1, -0.05) is 13.0 Å². The Balaban J connectivity index is 0.00000180. The molecule has 4 nitrogen and oxygen atoms in total. The monoisotopic (exact) mass is 319 g/mol. The Labute approximate surface area is 132 Å². The number of piperidine rings is 1. The molecule has 1 amide bonds. The molecule has 1 aliphatic rings. The zero-order chi connectivity index (χ0) is 13.0. The molecule has 1 saturated heterocycles. The van der Waals surface area contributed by atoms with Crippen LogP contribution in [0.2, 0.25) is 0 Å². The van der Waals surface area contributed by atoms with Crippen molar-refractivity contribution in [3.8, 4) is 0 Å². The van der Waals surface area contributed by atoms with Crippen molar-refractivity contribution in [2.45, 2.75) is 26.7 Å². The number of nitrogens with zero attached hydrogens (tertiary/aromatic N) is 1. The van der Waals surface area contributed by atoms with Crippen molar-refractivity contribution in [3.05, 3.63) is 29.6 Å². The van der Waals surface area contributed by atoms with Crippen molar-refractivity contribution in [3.63, 3.8) is 0 Å². The predicted molar refractivity (Wildman–Crippen MR) is 86.0 cm³/mol. The van der Waals surface area contributed by atoms with Gasteiger partial charge in [0.25, 0.3) is 5.91 Å². The van der Waals surface area contributed by atoms with E-state index in [1.165, 1.54) is 0 Å². The van der Waals surface area contributed by atoms with Gasteiger partial charge in [0, 0.05) is 12.2 Å². The lowest BCUT2D eigenvalue weighted by Crippen LogP contribution is -2.43. The van der Waals surface area contributed by atoms with Crippen LogP contribution >= 0.6 is 24.8 Å². The number of nitrogens with one attached hydrogen (secondary N) is 2. The van der Waals surface area contributed by atoms with Crippen LogP contribution in [0.25, 0.3) is 0 Å². The maximum Gasteiger partial charge on any atom is 0.269 e. The molecule has 0 aromatic carbocycles. The maximum absolute atomic E-state index is 12.0. The lowest BCUT2D eigenvalue weighted by molar-refractivity contribution is 0.0917. The lowest BCUT2D eigenvalue weighted by Gasteiger charge is -2.34. The molecule has 1 aromatic heterocycles. The summed E-state index contributed by atoms with van der Waals surface area (Å²) >= 11 is 0. The van der Waals surface area contributed by atoms with Gasteiger partial charge < -0.3 is 10.6 Å². The second kappa shape index (κ2) is 8.45. The second-order valence-corrected chi connectivity index (χ2v) is 5.41. The Morgan fingerprint density at radius 2 is 2.00 bits per heavy atom. The lowest BCUT2D eigenvalue weighted by atomic mass is 9.81. The molecule has 0 atom stereocenters. The Hall–Kier alpha value is -0.840. The molecule has 1 aliphatic heterocycles. The van der Waals surface area contributed by atoms with Crippen LogP contribution in [0, 0.1) is 12.3 Å². The molecule has 0 bridgehead atoms. The van der Waals surface area contributed by atoms with Crippen molar-refractivity contribution in [1.82, 2.24) is 15.6 Å². The van der Waals surface area contributed by atoms with Gasteiger partial charge in [0.05, 0.1) is 0 Å². The molecular weight excluding hydrogens is 297 g/mol. The van der Waals surface area contributed by atoms with E-state index in [1.54, 1.807) is 6.07 Å². The standard InChI is InChI=1S/C14H21N3O.2ClH/c1-11-4-3-5-12(17-11)13(18)16-10-14(2)6-8-15-9-7-14;;/h3-5,15H,6-10H2,1-2H3,(H,16,18);2*1H. The van der Waals surface area contributed by atoms with Gasteiger partial charge in [-0.15, -0.1) is 24.8 Å². The van der Waals surface area contributed by atoms with Gasteiger partial charge in [-0.3, -0.25) is 4.79 Å². The van der Waals surface area contributed by atoms with Crippen molar-refractivity contribution < 1.29 is 4.79 Å². The van der Waals surface area contributed by atoms with E-state index in [9.17, 15) is 4.79 Å². The van der Waals surface area contributed by atoms with Gasteiger partial charge in [-0.05, 0) is 50.4 Å². The van der Waals surface area contributed by atoms with Crippen LogP contribution in [0.1, 0.15) is 35.9 Å². The summed E-state index contributed by atoms with van der Waals surface area (Å²) in [4.78, 5) is 16.2. The molecular formula is C14H23Cl2N3O. The number of aromatic nitrogens is 1. The minimum Gasteiger partial charge on any atom is -0.350 e. The number of amides is 1. The third-order valence-corrected chi connectivity index (χ3v) is 3.61. The first-order chi connectivity index (χ1) is 8.59. The Kier molecular flexibility index (Phi) is 8.09. The number of hydrogen-bond acceptors (Lipinski definition) is 3. The highest BCUT2D eigenvalue weighted by molar-refractivity contribution is 5.92. The zero-order valence-electron chi connectivity index (χ0n) is 11.9. The fraction of sp³-hybridized carbons (Fsp3) is 0.571. The highest BCUT2D eigenvalue weighted by atomic mass is 35.5. The van der Waals surface area contributed by atoms with Gasteiger partial charge in [-0.25, -0.2) is 4.98 Å². The summed E-state index contributed by atoms with van der Waals surface area (Å²) < 4.78 is 0. The summed E-state index contributed by atoms with van der Waals surface area (Å²) in [5.74, 6) is -0.0709. The molecule has 6 heteroatoms. The van der Waals surface area contributed by atoms with E-state index in [-0.39, 0.29) is 36.1 Å². The van der Waals surface area contributed by atoms with Crippen LogP contribution in [-0.2, 0) is 0 Å². The van der Waals surface area contributed by atoms with E-state index in [1.807, 2.05) is 19.1 Å². The molecule has 0 spiro atoms. The van der Waals surface area contributed by atoms with E-state index in [0.717, 1.165) is 38.2 Å². The molecule has 114 valence electrons. The van der Waals surface area contributed by atoms with Crippen molar-refractivity contribution >= 4 is 30.7 Å². The minimum atomic E-state index is -0.0709. The molecule has 0 unspecified atom stereocenters. The predicted octanol–water partition coefficient (Wildman–Crippen LogP) is 2.35. The highest BCUT2D eigenvalue weighted by Gasteiger charge is 2.27. The topological polar surface area (TPSA) is 54.0 Å². The number of carbonyl (C=O) groups excluding carboxylic acids is 1. The summed E-state index contributed by atoms with van der Waals surface area (Å²) in [6.45, 7) is 6.93. The SMILES string of the molecule is Cc1cccc(C(=O)NCC2(C)CCNCC2)n1.Cl.Cl. The molecule has 20 heavy (non-hydrogen) atoms. The largest absolute Gasteiger partial charge is 0.350 e. The Morgan fingerprint density at radius 3 is 2.60 bits per heavy atom. The first-order valence-corrected chi connectivity index (χ1v) is 6.52. The first kappa shape index (κ1) is 19.2. The molecule has 0 aliphatic carbocycles. The number of carbonyl (C=O) groups is 1. The van der Waals surface area contributed by atoms with E-state index < -0.39 is 0 Å². The number of hydrogen-bond donors (Lipinski definition) is 2. The molecule has 2 heterocycles. The average molecular weight is 320 g/mol. The van der Waals surface area contributed by atoms with E-state index >= 15 is 0 Å². The normalized spacial score (nSPS) is 16.5. The molecule has 1 aromatic rings. The van der Waals surface area contributed by atoms with Crippen LogP contribution in [0.15, 0.2) is 18.2 Å². The van der Waals surface area contributed by atoms with Crippen LogP contribution in [-0.4, -0.2) is 30.5 Å². The summed E-state index contributed by atoms with van der Waals surface area (Å²) in [7, 11) is 0. The third kappa shape index (κ3) is 5.27. The summed E-state index contributed by atoms with van der Waals surface area (Å²) in [5, 5.41) is 6.35. The average Bonchev–Trinajstić information content (AvgIpc) is 2.37. The van der Waals surface area contributed by atoms with Gasteiger partial charge in [0.15, 0.2) is 0 Å². The smallest absolute Gasteiger partial charge is 0.269 e. The maximum atomic E-state index is 12.0. The fourth-order valence-corrected chi connectivity index (χ4v) is 2.26. The van der Waals surface area contributed by atoms with Crippen molar-refractivity contribution in [2.24, 2.45) is 5.41 Å². The van der Waals surface area contributed by atoms with Gasteiger partial charge >= 0.3 is 0 Å². The van der Waals surface area contributed by atoms with E-state index in [4.69, 9.17) is 0 Å². The molecule has 2 N–H and O–H groups in total. The zero-order valence-corrected chi connectivity index (χ0v) is 13.6. The molecule has 0 radical (unpaired) electrons. The second-order valence-electron chi connectivity index (χ2n) is 5.41. The first-order valence-electron chi connectivity index (χ1n) is 6.52. The fourth-order valence-electron chi connectivity index (χ4n) is 2.26. The van der Waals surface area contributed by atoms with Crippen LogP contribution in [0.3, 0.4) is 0 Å². The number of pyridine rings is 1. The number of aryl methyl sites for hydroxylation is 1. The number of rotatable bonds is 3. The van der Waals surface area contributed by atoms with Gasteiger partial charge in [0.1, 0.15) is 5.69 Å².